The van der Waals surface area contributed by atoms with Gasteiger partial charge < -0.3 is 15.4 Å². The molecule has 0 saturated carbocycles. The molecule has 0 aromatic carbocycles. The van der Waals surface area contributed by atoms with Crippen LogP contribution < -0.4 is 10.6 Å². The molecular weight excluding hydrogens is 493 g/mol. The molecule has 2 N–H and O–H groups in total. The Morgan fingerprint density at radius 3 is 2.74 bits per heavy atom. The molecule has 2 fully saturated rings. The van der Waals surface area contributed by atoms with Crippen LogP contribution in [0.3, 0.4) is 0 Å². The van der Waals surface area contributed by atoms with Crippen LogP contribution in [0.25, 0.3) is 0 Å². The van der Waals surface area contributed by atoms with E-state index in [9.17, 15) is 0 Å². The zero-order chi connectivity index (χ0) is 18.4. The summed E-state index contributed by atoms with van der Waals surface area (Å²) >= 11 is 3.77. The van der Waals surface area contributed by atoms with E-state index >= 15 is 0 Å². The number of rotatable bonds is 6. The Bertz CT molecular complexity index is 598. The molecule has 1 atom stereocenters. The first-order valence-corrected chi connectivity index (χ1v) is 11.5. The summed E-state index contributed by atoms with van der Waals surface area (Å²) in [7, 11) is 1.83. The molecule has 1 aromatic heterocycles. The number of morpholine rings is 1. The van der Waals surface area contributed by atoms with E-state index < -0.39 is 0 Å². The fourth-order valence-corrected chi connectivity index (χ4v) is 5.81. The lowest BCUT2D eigenvalue weighted by Gasteiger charge is -2.43. The number of aliphatic imine (C=N–C) groups is 1. The fourth-order valence-electron chi connectivity index (χ4n) is 3.43. The van der Waals surface area contributed by atoms with Crippen LogP contribution in [-0.2, 0) is 11.3 Å². The van der Waals surface area contributed by atoms with Gasteiger partial charge in [0.2, 0.25) is 0 Å². The maximum atomic E-state index is 5.55. The highest BCUT2D eigenvalue weighted by molar-refractivity contribution is 14.0. The van der Waals surface area contributed by atoms with Crippen molar-refractivity contribution in [3.8, 4) is 0 Å². The summed E-state index contributed by atoms with van der Waals surface area (Å²) in [6.45, 7) is 9.76. The van der Waals surface area contributed by atoms with E-state index in [-0.39, 0.29) is 29.5 Å². The van der Waals surface area contributed by atoms with Gasteiger partial charge in [0.15, 0.2) is 5.96 Å². The minimum Gasteiger partial charge on any atom is -0.379 e. The number of aromatic nitrogens is 1. The first-order valence-electron chi connectivity index (χ1n) is 9.42. The Kier molecular flexibility index (Phi) is 9.60. The highest BCUT2D eigenvalue weighted by atomic mass is 127. The van der Waals surface area contributed by atoms with Crippen LogP contribution in [0.5, 0.6) is 0 Å². The average molecular weight is 526 g/mol. The standard InChI is InChI=1S/C18H31N5OS2.HI/c1-14(2)15-11-26-16(22-15)10-20-17(19-3)21-12-18(4-9-25-13-18)23-5-7-24-8-6-23;/h11,14H,4-10,12-13H2,1-3H3,(H2,19,20,21);1H. The number of hydrogen-bond donors (Lipinski definition) is 2. The molecule has 27 heavy (non-hydrogen) atoms. The van der Waals surface area contributed by atoms with Gasteiger partial charge >= 0.3 is 0 Å². The second-order valence-corrected chi connectivity index (χ2v) is 9.27. The highest BCUT2D eigenvalue weighted by Gasteiger charge is 2.40. The van der Waals surface area contributed by atoms with Gasteiger partial charge in [-0.2, -0.15) is 11.8 Å². The average Bonchev–Trinajstić information content (AvgIpc) is 3.33. The number of guanidine groups is 1. The summed E-state index contributed by atoms with van der Waals surface area (Å²) in [6, 6.07) is 0. The minimum absolute atomic E-state index is 0. The summed E-state index contributed by atoms with van der Waals surface area (Å²) in [5.74, 6) is 3.75. The van der Waals surface area contributed by atoms with Crippen molar-refractivity contribution in [1.29, 1.82) is 0 Å². The molecule has 2 aliphatic heterocycles. The van der Waals surface area contributed by atoms with Gasteiger partial charge in [-0.3, -0.25) is 9.89 Å². The second-order valence-electron chi connectivity index (χ2n) is 7.23. The lowest BCUT2D eigenvalue weighted by molar-refractivity contribution is -0.0120. The minimum atomic E-state index is 0. The molecule has 1 unspecified atom stereocenters. The van der Waals surface area contributed by atoms with Gasteiger partial charge in [0, 0.05) is 43.4 Å². The van der Waals surface area contributed by atoms with Gasteiger partial charge in [0.1, 0.15) is 5.01 Å². The zero-order valence-electron chi connectivity index (χ0n) is 16.5. The molecule has 9 heteroatoms. The first kappa shape index (κ1) is 23.2. The monoisotopic (exact) mass is 525 g/mol. The summed E-state index contributed by atoms with van der Waals surface area (Å²) in [6.07, 6.45) is 1.23. The molecule has 0 radical (unpaired) electrons. The Morgan fingerprint density at radius 2 is 2.15 bits per heavy atom. The van der Waals surface area contributed by atoms with Gasteiger partial charge in [0.25, 0.3) is 0 Å². The third kappa shape index (κ3) is 6.19. The second kappa shape index (κ2) is 11.2. The molecule has 1 aromatic rings. The number of ether oxygens (including phenoxy) is 1. The smallest absolute Gasteiger partial charge is 0.191 e. The van der Waals surface area contributed by atoms with Gasteiger partial charge in [-0.15, -0.1) is 35.3 Å². The number of nitrogens with one attached hydrogen (secondary N) is 2. The van der Waals surface area contributed by atoms with Crippen LogP contribution in [0, 0.1) is 0 Å². The number of halogens is 1. The quantitative estimate of drug-likeness (QED) is 0.339. The number of nitrogens with zero attached hydrogens (tertiary/aromatic N) is 3. The van der Waals surface area contributed by atoms with Crippen LogP contribution in [0.2, 0.25) is 0 Å². The fraction of sp³-hybridized carbons (Fsp3) is 0.778. The number of thiazole rings is 1. The maximum absolute atomic E-state index is 5.55. The topological polar surface area (TPSA) is 61.8 Å². The third-order valence-corrected chi connectivity index (χ3v) is 7.24. The van der Waals surface area contributed by atoms with E-state index in [4.69, 9.17) is 4.74 Å². The summed E-state index contributed by atoms with van der Waals surface area (Å²) in [5.41, 5.74) is 1.39. The molecule has 3 heterocycles. The molecular formula is C18H32IN5OS2. The van der Waals surface area contributed by atoms with Crippen molar-refractivity contribution in [3.05, 3.63) is 16.1 Å². The molecule has 2 saturated heterocycles. The maximum Gasteiger partial charge on any atom is 0.191 e. The van der Waals surface area contributed by atoms with E-state index in [0.717, 1.165) is 50.4 Å². The Labute approximate surface area is 188 Å². The van der Waals surface area contributed by atoms with Gasteiger partial charge in [-0.25, -0.2) is 4.98 Å². The van der Waals surface area contributed by atoms with Crippen LogP contribution in [0.15, 0.2) is 10.4 Å². The van der Waals surface area contributed by atoms with Gasteiger partial charge in [-0.05, 0) is 18.1 Å². The Hall–Kier alpha value is -0.100. The van der Waals surface area contributed by atoms with Crippen LogP contribution in [0.4, 0.5) is 0 Å². The predicted molar refractivity (Wildman–Crippen MR) is 127 cm³/mol. The van der Waals surface area contributed by atoms with Crippen LogP contribution in [-0.4, -0.2) is 72.8 Å². The normalized spacial score (nSPS) is 24.1. The SMILES string of the molecule is CN=C(NCc1nc(C(C)C)cs1)NCC1(N2CCOCC2)CCSC1.I. The van der Waals surface area contributed by atoms with Crippen LogP contribution >= 0.6 is 47.1 Å². The summed E-state index contributed by atoms with van der Waals surface area (Å²) < 4.78 is 5.55. The van der Waals surface area contributed by atoms with E-state index in [2.05, 4.69) is 56.5 Å². The van der Waals surface area contributed by atoms with Crippen molar-refractivity contribution >= 4 is 53.0 Å². The summed E-state index contributed by atoms with van der Waals surface area (Å²) in [5, 5.41) is 10.2. The zero-order valence-corrected chi connectivity index (χ0v) is 20.5. The molecule has 0 aliphatic carbocycles. The van der Waals surface area contributed by atoms with Gasteiger partial charge in [-0.1, -0.05) is 13.8 Å². The van der Waals surface area contributed by atoms with E-state index in [1.54, 1.807) is 11.3 Å². The van der Waals surface area contributed by atoms with Crippen LogP contribution in [0.1, 0.15) is 36.9 Å². The molecule has 0 bridgehead atoms. The molecule has 154 valence electrons. The van der Waals surface area contributed by atoms with Crippen molar-refractivity contribution in [2.75, 3.05) is 51.4 Å². The van der Waals surface area contributed by atoms with E-state index in [0.29, 0.717) is 5.92 Å². The van der Waals surface area contributed by atoms with E-state index in [1.807, 2.05) is 7.05 Å². The highest BCUT2D eigenvalue weighted by Crippen LogP contribution is 2.33. The largest absolute Gasteiger partial charge is 0.379 e. The van der Waals surface area contributed by atoms with Crippen molar-refractivity contribution in [2.24, 2.45) is 4.99 Å². The van der Waals surface area contributed by atoms with Crippen molar-refractivity contribution in [3.63, 3.8) is 0 Å². The van der Waals surface area contributed by atoms with Crippen molar-refractivity contribution in [1.82, 2.24) is 20.5 Å². The summed E-state index contributed by atoms with van der Waals surface area (Å²) in [4.78, 5) is 11.7. The molecule has 3 rings (SSSR count). The molecule has 0 amide bonds. The molecule has 6 nitrogen and oxygen atoms in total. The lowest BCUT2D eigenvalue weighted by atomic mass is 9.95. The molecule has 0 spiro atoms. The van der Waals surface area contributed by atoms with Crippen molar-refractivity contribution in [2.45, 2.75) is 38.3 Å². The predicted octanol–water partition coefficient (Wildman–Crippen LogP) is 2.76. The Morgan fingerprint density at radius 1 is 1.37 bits per heavy atom. The van der Waals surface area contributed by atoms with Crippen molar-refractivity contribution < 1.29 is 4.74 Å². The third-order valence-electron chi connectivity index (χ3n) is 5.14. The number of thioether (sulfide) groups is 1. The van der Waals surface area contributed by atoms with Gasteiger partial charge in [0.05, 0.1) is 25.5 Å². The first-order chi connectivity index (χ1) is 12.6. The molecule has 2 aliphatic rings. The Balaban J connectivity index is 0.00000261. The van der Waals surface area contributed by atoms with E-state index in [1.165, 1.54) is 23.6 Å². The number of hydrogen-bond acceptors (Lipinski definition) is 6. The lowest BCUT2D eigenvalue weighted by Crippen LogP contribution is -2.60.